The Balaban J connectivity index is 1.79. The van der Waals surface area contributed by atoms with E-state index in [1.165, 1.54) is 16.7 Å². The third-order valence-corrected chi connectivity index (χ3v) is 3.33. The van der Waals surface area contributed by atoms with Crippen molar-refractivity contribution in [1.82, 2.24) is 15.1 Å². The maximum atomic E-state index is 5.78. The molecule has 18 heavy (non-hydrogen) atoms. The molecule has 0 amide bonds. The highest BCUT2D eigenvalue weighted by Crippen LogP contribution is 2.19. The van der Waals surface area contributed by atoms with Crippen molar-refractivity contribution in [3.05, 3.63) is 53.3 Å². The summed E-state index contributed by atoms with van der Waals surface area (Å²) in [6.07, 6.45) is 3.93. The molecule has 4 nitrogen and oxygen atoms in total. The van der Waals surface area contributed by atoms with Crippen LogP contribution in [0.5, 0.6) is 0 Å². The van der Waals surface area contributed by atoms with Crippen LogP contribution in [0.15, 0.2) is 36.7 Å². The Morgan fingerprint density at radius 1 is 1.33 bits per heavy atom. The Kier molecular flexibility index (Phi) is 3.13. The van der Waals surface area contributed by atoms with Gasteiger partial charge in [0.25, 0.3) is 0 Å². The fraction of sp³-hybridized carbons (Fsp3) is 0.357. The molecule has 94 valence electrons. The van der Waals surface area contributed by atoms with Crippen molar-refractivity contribution in [3.63, 3.8) is 0 Å². The van der Waals surface area contributed by atoms with Gasteiger partial charge in [0.2, 0.25) is 0 Å². The predicted molar refractivity (Wildman–Crippen MR) is 68.9 cm³/mol. The van der Waals surface area contributed by atoms with Crippen LogP contribution >= 0.6 is 0 Å². The summed E-state index contributed by atoms with van der Waals surface area (Å²) in [5, 5.41) is 7.74. The van der Waals surface area contributed by atoms with Gasteiger partial charge < -0.3 is 10.1 Å². The summed E-state index contributed by atoms with van der Waals surface area (Å²) < 4.78 is 7.60. The molecule has 1 aliphatic rings. The molecule has 4 heteroatoms. The van der Waals surface area contributed by atoms with E-state index >= 15 is 0 Å². The number of aryl methyl sites for hydroxylation is 1. The number of nitrogens with zero attached hydrogens (tertiary/aromatic N) is 2. The number of nitrogens with one attached hydrogen (secondary N) is 1. The van der Waals surface area contributed by atoms with E-state index in [0.29, 0.717) is 13.2 Å². The summed E-state index contributed by atoms with van der Waals surface area (Å²) in [5.41, 5.74) is 3.76. The van der Waals surface area contributed by atoms with Crippen molar-refractivity contribution in [1.29, 1.82) is 0 Å². The average Bonchev–Trinajstić information content (AvgIpc) is 2.77. The van der Waals surface area contributed by atoms with Gasteiger partial charge in [-0.2, -0.15) is 5.10 Å². The van der Waals surface area contributed by atoms with Gasteiger partial charge in [-0.25, -0.2) is 0 Å². The molecule has 1 aliphatic heterocycles. The first-order valence-electron chi connectivity index (χ1n) is 6.19. The minimum Gasteiger partial charge on any atom is -0.375 e. The van der Waals surface area contributed by atoms with Crippen molar-refractivity contribution >= 4 is 0 Å². The number of benzene rings is 1. The lowest BCUT2D eigenvalue weighted by molar-refractivity contribution is 0.0926. The predicted octanol–water partition coefficient (Wildman–Crippen LogP) is 1.78. The van der Waals surface area contributed by atoms with Gasteiger partial charge in [-0.15, -0.1) is 0 Å². The Labute approximate surface area is 107 Å². The van der Waals surface area contributed by atoms with Gasteiger partial charge in [-0.3, -0.25) is 4.68 Å². The van der Waals surface area contributed by atoms with Crippen LogP contribution in [0.4, 0.5) is 0 Å². The summed E-state index contributed by atoms with van der Waals surface area (Å²) >= 11 is 0. The summed E-state index contributed by atoms with van der Waals surface area (Å²) in [6.45, 7) is 2.24. The Bertz CT molecular complexity index is 535. The highest BCUT2D eigenvalue weighted by Gasteiger charge is 2.16. The second-order valence-electron chi connectivity index (χ2n) is 4.66. The van der Waals surface area contributed by atoms with E-state index in [1.54, 1.807) is 0 Å². The van der Waals surface area contributed by atoms with Gasteiger partial charge in [0.1, 0.15) is 0 Å². The lowest BCUT2D eigenvalue weighted by atomic mass is 10.1. The molecule has 1 aromatic carbocycles. The molecule has 0 saturated heterocycles. The molecule has 0 saturated carbocycles. The number of rotatable bonds is 1. The first-order chi connectivity index (χ1) is 8.83. The Hall–Kier alpha value is -1.65. The molecular formula is C14H17N3O. The standard InChI is InChI=1S/C14H17N3O/c1-17-8-13(7-16-17)14-10-18-9-12-5-3-2-4-11(12)6-15-14/h2-5,7-8,14-15H,6,9-10H2,1H3. The maximum Gasteiger partial charge on any atom is 0.0720 e. The fourth-order valence-corrected chi connectivity index (χ4v) is 2.28. The zero-order valence-electron chi connectivity index (χ0n) is 10.5. The van der Waals surface area contributed by atoms with E-state index in [2.05, 4.69) is 34.7 Å². The van der Waals surface area contributed by atoms with Gasteiger partial charge in [0, 0.05) is 25.4 Å². The molecule has 1 N–H and O–H groups in total. The van der Waals surface area contributed by atoms with E-state index in [9.17, 15) is 0 Å². The van der Waals surface area contributed by atoms with Crippen molar-refractivity contribution < 1.29 is 4.74 Å². The highest BCUT2D eigenvalue weighted by molar-refractivity contribution is 5.27. The van der Waals surface area contributed by atoms with Crippen molar-refractivity contribution in [2.24, 2.45) is 7.05 Å². The van der Waals surface area contributed by atoms with Crippen molar-refractivity contribution in [2.75, 3.05) is 6.61 Å². The molecule has 0 aliphatic carbocycles. The number of ether oxygens (including phenoxy) is 1. The molecule has 2 aromatic rings. The van der Waals surface area contributed by atoms with Gasteiger partial charge in [0.05, 0.1) is 25.5 Å². The van der Waals surface area contributed by atoms with Gasteiger partial charge >= 0.3 is 0 Å². The van der Waals surface area contributed by atoms with E-state index in [4.69, 9.17) is 4.74 Å². The van der Waals surface area contributed by atoms with Crippen molar-refractivity contribution in [3.8, 4) is 0 Å². The summed E-state index contributed by atoms with van der Waals surface area (Å²) in [5.74, 6) is 0. The normalized spacial score (nSPS) is 19.9. The summed E-state index contributed by atoms with van der Waals surface area (Å²) in [4.78, 5) is 0. The first kappa shape index (κ1) is 11.4. The van der Waals surface area contributed by atoms with Crippen LogP contribution in [0.3, 0.4) is 0 Å². The second-order valence-corrected chi connectivity index (χ2v) is 4.66. The third-order valence-electron chi connectivity index (χ3n) is 3.33. The Morgan fingerprint density at radius 3 is 2.94 bits per heavy atom. The largest absolute Gasteiger partial charge is 0.375 e. The third kappa shape index (κ3) is 2.30. The van der Waals surface area contributed by atoms with E-state index in [0.717, 1.165) is 6.54 Å². The molecule has 0 fully saturated rings. The molecule has 1 aromatic heterocycles. The topological polar surface area (TPSA) is 39.1 Å². The van der Waals surface area contributed by atoms with Crippen molar-refractivity contribution in [2.45, 2.75) is 19.2 Å². The van der Waals surface area contributed by atoms with Gasteiger partial charge in [-0.1, -0.05) is 24.3 Å². The van der Waals surface area contributed by atoms with Crippen LogP contribution in [-0.4, -0.2) is 16.4 Å². The molecule has 0 spiro atoms. The minimum atomic E-state index is 0.215. The lowest BCUT2D eigenvalue weighted by Crippen LogP contribution is -2.27. The van der Waals surface area contributed by atoms with Crippen LogP contribution in [0.25, 0.3) is 0 Å². The number of aromatic nitrogens is 2. The number of hydrogen-bond acceptors (Lipinski definition) is 3. The number of hydrogen-bond donors (Lipinski definition) is 1. The minimum absolute atomic E-state index is 0.215. The first-order valence-corrected chi connectivity index (χ1v) is 6.19. The lowest BCUT2D eigenvalue weighted by Gasteiger charge is -2.22. The molecule has 1 unspecified atom stereocenters. The quantitative estimate of drug-likeness (QED) is 0.830. The molecule has 1 atom stereocenters. The van der Waals surface area contributed by atoms with Crippen LogP contribution in [0.2, 0.25) is 0 Å². The van der Waals surface area contributed by atoms with Gasteiger partial charge in [-0.05, 0) is 11.1 Å². The SMILES string of the molecule is Cn1cc(C2COCc3ccccc3CN2)cn1. The smallest absolute Gasteiger partial charge is 0.0720 e. The molecule has 0 radical (unpaired) electrons. The maximum absolute atomic E-state index is 5.78. The average molecular weight is 243 g/mol. The van der Waals surface area contributed by atoms with Crippen LogP contribution < -0.4 is 5.32 Å². The van der Waals surface area contributed by atoms with Crippen LogP contribution in [-0.2, 0) is 24.9 Å². The summed E-state index contributed by atoms with van der Waals surface area (Å²) in [6, 6.07) is 8.62. The zero-order chi connectivity index (χ0) is 12.4. The number of fused-ring (bicyclic) bond motifs is 1. The zero-order valence-corrected chi connectivity index (χ0v) is 10.5. The molecule has 0 bridgehead atoms. The fourth-order valence-electron chi connectivity index (χ4n) is 2.28. The van der Waals surface area contributed by atoms with Gasteiger partial charge in [0.15, 0.2) is 0 Å². The van der Waals surface area contributed by atoms with E-state index < -0.39 is 0 Å². The summed E-state index contributed by atoms with van der Waals surface area (Å²) in [7, 11) is 1.93. The second kappa shape index (κ2) is 4.92. The molecular weight excluding hydrogens is 226 g/mol. The molecule has 3 rings (SSSR count). The monoisotopic (exact) mass is 243 g/mol. The Morgan fingerprint density at radius 2 is 2.17 bits per heavy atom. The van der Waals surface area contributed by atoms with E-state index in [-0.39, 0.29) is 6.04 Å². The van der Waals surface area contributed by atoms with Crippen LogP contribution in [0, 0.1) is 0 Å². The highest BCUT2D eigenvalue weighted by atomic mass is 16.5. The molecule has 2 heterocycles. The van der Waals surface area contributed by atoms with Crippen LogP contribution in [0.1, 0.15) is 22.7 Å². The van der Waals surface area contributed by atoms with E-state index in [1.807, 2.05) is 24.1 Å².